The van der Waals surface area contributed by atoms with Crippen molar-refractivity contribution >= 4 is 43.7 Å². The predicted octanol–water partition coefficient (Wildman–Crippen LogP) is -0.181. The van der Waals surface area contributed by atoms with Crippen molar-refractivity contribution in [3.8, 4) is 0 Å². The van der Waals surface area contributed by atoms with E-state index < -0.39 is 0 Å². The van der Waals surface area contributed by atoms with Gasteiger partial charge in [0.05, 0.1) is 7.11 Å². The fourth-order valence-electron chi connectivity index (χ4n) is 0.174. The van der Waals surface area contributed by atoms with E-state index >= 15 is 0 Å². The molecule has 0 rings (SSSR count). The maximum absolute atomic E-state index is 10.2. The summed E-state index contributed by atoms with van der Waals surface area (Å²) in [6, 6.07) is 0. The molecule has 0 unspecified atom stereocenters. The monoisotopic (exact) mass is 142 g/mol. The van der Waals surface area contributed by atoms with E-state index in [0.29, 0.717) is 5.57 Å². The van der Waals surface area contributed by atoms with Crippen LogP contribution in [0.2, 0.25) is 0 Å². The zero-order valence-electron chi connectivity index (χ0n) is 4.52. The van der Waals surface area contributed by atoms with E-state index in [2.05, 4.69) is 11.3 Å². The van der Waals surface area contributed by atoms with Gasteiger partial charge in [0.2, 0.25) is 0 Å². The average Bonchev–Trinajstić information content (AvgIpc) is 1.65. The molecule has 0 aromatic carbocycles. The first kappa shape index (κ1) is 11.3. The summed E-state index contributed by atoms with van der Waals surface area (Å²) in [5, 5.41) is 0. The van der Waals surface area contributed by atoms with Crippen molar-refractivity contribution in [1.29, 1.82) is 0 Å². The first-order valence-corrected chi connectivity index (χ1v) is 1.92. The molecule has 0 aliphatic heterocycles. The number of carbonyl (C=O) groups excluding carboxylic acids is 1. The van der Waals surface area contributed by atoms with E-state index in [1.807, 2.05) is 0 Å². The van der Waals surface area contributed by atoms with Crippen molar-refractivity contribution in [2.45, 2.75) is 6.92 Å². The van der Waals surface area contributed by atoms with Gasteiger partial charge in [-0.2, -0.15) is 0 Å². The number of rotatable bonds is 1. The Morgan fingerprint density at radius 3 is 2.00 bits per heavy atom. The van der Waals surface area contributed by atoms with E-state index in [1.165, 1.54) is 7.11 Å². The summed E-state index contributed by atoms with van der Waals surface area (Å²) in [4.78, 5) is 10.2. The van der Waals surface area contributed by atoms with Crippen molar-refractivity contribution in [1.82, 2.24) is 0 Å². The molecule has 0 aliphatic carbocycles. The van der Waals surface area contributed by atoms with Gasteiger partial charge in [-0.3, -0.25) is 0 Å². The van der Waals surface area contributed by atoms with Crippen LogP contribution in [-0.4, -0.2) is 50.8 Å². The molecule has 0 N–H and O–H groups in total. The van der Waals surface area contributed by atoms with Gasteiger partial charge in [0.25, 0.3) is 0 Å². The summed E-state index contributed by atoms with van der Waals surface area (Å²) in [5.41, 5.74) is 0.433. The van der Waals surface area contributed by atoms with Gasteiger partial charge < -0.3 is 4.74 Å². The van der Waals surface area contributed by atoms with E-state index in [4.69, 9.17) is 0 Å². The second-order valence-electron chi connectivity index (χ2n) is 1.27. The first-order chi connectivity index (χ1) is 3.18. The summed E-state index contributed by atoms with van der Waals surface area (Å²) in [7, 11) is 1.33. The Balaban J connectivity index is 0. The van der Waals surface area contributed by atoms with Crippen LogP contribution in [0.4, 0.5) is 0 Å². The van der Waals surface area contributed by atoms with E-state index in [-0.39, 0.29) is 43.7 Å². The molecule has 0 saturated carbocycles. The summed E-state index contributed by atoms with van der Waals surface area (Å²) in [5.74, 6) is -0.347. The molecule has 44 valence electrons. The molecule has 0 atom stereocenters. The Labute approximate surface area is 78.9 Å². The van der Waals surface area contributed by atoms with Crippen LogP contribution < -0.4 is 0 Å². The quantitative estimate of drug-likeness (QED) is 0.288. The van der Waals surface area contributed by atoms with Crippen LogP contribution in [0.25, 0.3) is 0 Å². The van der Waals surface area contributed by atoms with Crippen LogP contribution in [0.1, 0.15) is 6.92 Å². The summed E-state index contributed by atoms with van der Waals surface area (Å²) < 4.78 is 4.27. The minimum atomic E-state index is -0.347. The molecule has 2 nitrogen and oxygen atoms in total. The van der Waals surface area contributed by atoms with Crippen molar-refractivity contribution in [2.24, 2.45) is 0 Å². The van der Waals surface area contributed by atoms with Gasteiger partial charge in [-0.25, -0.2) is 4.79 Å². The Bertz CT molecular complexity index is 98.6. The Hall–Kier alpha value is 0.470. The molecule has 0 fully saturated rings. The van der Waals surface area contributed by atoms with Gasteiger partial charge >= 0.3 is 43.7 Å². The van der Waals surface area contributed by atoms with Crippen LogP contribution in [0, 0.1) is 0 Å². The molecule has 0 aromatic heterocycles. The van der Waals surface area contributed by atoms with E-state index in [9.17, 15) is 4.79 Å². The van der Waals surface area contributed by atoms with Gasteiger partial charge in [-0.05, 0) is 6.92 Å². The molecule has 0 aliphatic rings. The van der Waals surface area contributed by atoms with Crippen molar-refractivity contribution < 1.29 is 9.53 Å². The Kier molecular flexibility index (Phi) is 7.91. The molecule has 0 heterocycles. The van der Waals surface area contributed by atoms with Gasteiger partial charge in [0.1, 0.15) is 0 Å². The molecule has 0 bridgehead atoms. The van der Waals surface area contributed by atoms with E-state index in [0.717, 1.165) is 0 Å². The SMILES string of the molecule is C=C(C)C(=O)OC.[CaH2]. The zero-order valence-corrected chi connectivity index (χ0v) is 4.52. The fourth-order valence-corrected chi connectivity index (χ4v) is 0.174. The van der Waals surface area contributed by atoms with Gasteiger partial charge in [0.15, 0.2) is 0 Å². The number of carbonyl (C=O) groups is 1. The number of ether oxygens (including phenoxy) is 1. The van der Waals surface area contributed by atoms with Crippen molar-refractivity contribution in [3.63, 3.8) is 0 Å². The molecule has 0 saturated heterocycles. The average molecular weight is 142 g/mol. The summed E-state index contributed by atoms with van der Waals surface area (Å²) in [6.07, 6.45) is 0. The predicted molar refractivity (Wildman–Crippen MR) is 35.4 cm³/mol. The third-order valence-corrected chi connectivity index (χ3v) is 0.534. The topological polar surface area (TPSA) is 26.3 Å². The third-order valence-electron chi connectivity index (χ3n) is 0.534. The standard InChI is InChI=1S/C5H8O2.Ca.2H/c1-4(2)5(6)7-3;;;/h1H2,2-3H3;;;. The molecular weight excluding hydrogens is 132 g/mol. The first-order valence-electron chi connectivity index (χ1n) is 1.92. The third kappa shape index (κ3) is 4.62. The fraction of sp³-hybridized carbons (Fsp3) is 0.400. The molecule has 0 spiro atoms. The molecule has 3 heteroatoms. The Morgan fingerprint density at radius 2 is 2.00 bits per heavy atom. The minimum absolute atomic E-state index is 0. The number of methoxy groups -OCH3 is 1. The second-order valence-corrected chi connectivity index (χ2v) is 1.27. The van der Waals surface area contributed by atoms with Crippen molar-refractivity contribution in [2.75, 3.05) is 7.11 Å². The number of hydrogen-bond donors (Lipinski definition) is 0. The number of hydrogen-bond acceptors (Lipinski definition) is 2. The summed E-state index contributed by atoms with van der Waals surface area (Å²) in [6.45, 7) is 4.95. The van der Waals surface area contributed by atoms with Gasteiger partial charge in [-0.15, -0.1) is 0 Å². The second kappa shape index (κ2) is 5.60. The molecule has 0 aromatic rings. The van der Waals surface area contributed by atoms with Gasteiger partial charge in [0, 0.05) is 5.57 Å². The van der Waals surface area contributed by atoms with Crippen LogP contribution in [0.3, 0.4) is 0 Å². The normalized spacial score (nSPS) is 6.75. The van der Waals surface area contributed by atoms with Gasteiger partial charge in [-0.1, -0.05) is 6.58 Å². The molecule has 0 amide bonds. The van der Waals surface area contributed by atoms with Crippen LogP contribution in [-0.2, 0) is 9.53 Å². The number of esters is 1. The molecule has 0 radical (unpaired) electrons. The van der Waals surface area contributed by atoms with Crippen molar-refractivity contribution in [3.05, 3.63) is 12.2 Å². The van der Waals surface area contributed by atoms with Crippen LogP contribution >= 0.6 is 0 Å². The van der Waals surface area contributed by atoms with Crippen LogP contribution in [0.15, 0.2) is 12.2 Å². The Morgan fingerprint density at radius 1 is 1.62 bits per heavy atom. The molecule has 8 heavy (non-hydrogen) atoms. The van der Waals surface area contributed by atoms with Crippen LogP contribution in [0.5, 0.6) is 0 Å². The molecular formula is C5H10CaO2. The summed E-state index contributed by atoms with van der Waals surface area (Å²) >= 11 is 0. The maximum atomic E-state index is 10.2. The zero-order chi connectivity index (χ0) is 5.86. The van der Waals surface area contributed by atoms with E-state index in [1.54, 1.807) is 6.92 Å².